The molecule has 2 aromatic carbocycles. The van der Waals surface area contributed by atoms with Gasteiger partial charge in [-0.3, -0.25) is 14.4 Å². The highest BCUT2D eigenvalue weighted by Crippen LogP contribution is 2.30. The molecule has 2 amide bonds. The molecule has 0 aliphatic carbocycles. The van der Waals surface area contributed by atoms with E-state index in [2.05, 4.69) is 15.4 Å². The fourth-order valence-corrected chi connectivity index (χ4v) is 5.17. The van der Waals surface area contributed by atoms with Gasteiger partial charge in [0.05, 0.1) is 78.2 Å². The summed E-state index contributed by atoms with van der Waals surface area (Å²) in [6, 6.07) is 9.10. The van der Waals surface area contributed by atoms with Crippen LogP contribution < -0.4 is 25.8 Å². The molecular formula is C45H71N3O17. The van der Waals surface area contributed by atoms with Crippen molar-refractivity contribution in [2.45, 2.75) is 46.3 Å². The zero-order valence-electron chi connectivity index (χ0n) is 38.7. The third-order valence-corrected chi connectivity index (χ3v) is 8.40. The molecule has 20 heteroatoms. The maximum Gasteiger partial charge on any atom is 0.338 e. The molecule has 1 heterocycles. The average Bonchev–Trinajstić information content (AvgIpc) is 3.88. The molecule has 1 saturated heterocycles. The number of benzene rings is 2. The lowest BCUT2D eigenvalue weighted by atomic mass is 10.1. The van der Waals surface area contributed by atoms with Gasteiger partial charge in [-0.2, -0.15) is 0 Å². The van der Waals surface area contributed by atoms with Crippen molar-refractivity contribution in [2.75, 3.05) is 140 Å². The lowest BCUT2D eigenvalue weighted by Crippen LogP contribution is -2.30. The average molecular weight is 928 g/mol. The van der Waals surface area contributed by atoms with Crippen LogP contribution in [0.4, 0.5) is 0 Å². The quantitative estimate of drug-likeness (QED) is 0.0403. The first-order chi connectivity index (χ1) is 31.7. The second kappa shape index (κ2) is 39.6. The van der Waals surface area contributed by atoms with E-state index in [4.69, 9.17) is 57.8 Å². The highest BCUT2D eigenvalue weighted by Gasteiger charge is 2.25. The van der Waals surface area contributed by atoms with E-state index >= 15 is 0 Å². The Morgan fingerprint density at radius 2 is 1.05 bits per heavy atom. The molecule has 65 heavy (non-hydrogen) atoms. The molecule has 1 aliphatic rings. The number of hydrogen-bond acceptors (Lipinski definition) is 18. The number of ether oxygens (including phenoxy) is 12. The van der Waals surface area contributed by atoms with E-state index in [-0.39, 0.29) is 36.2 Å². The summed E-state index contributed by atoms with van der Waals surface area (Å²) in [5, 5.41) is 5.47. The Labute approximate surface area is 382 Å². The molecule has 4 N–H and O–H groups in total. The van der Waals surface area contributed by atoms with E-state index in [0.29, 0.717) is 141 Å². The molecule has 0 saturated carbocycles. The van der Waals surface area contributed by atoms with Crippen LogP contribution in [0.25, 0.3) is 0 Å². The Bertz CT molecular complexity index is 1590. The van der Waals surface area contributed by atoms with Crippen molar-refractivity contribution in [3.63, 3.8) is 0 Å². The summed E-state index contributed by atoms with van der Waals surface area (Å²) in [6.45, 7) is 15.6. The first kappa shape index (κ1) is 58.2. The molecule has 0 unspecified atom stereocenters. The lowest BCUT2D eigenvalue weighted by Gasteiger charge is -2.15. The van der Waals surface area contributed by atoms with Gasteiger partial charge in [0.15, 0.2) is 25.8 Å². The van der Waals surface area contributed by atoms with Crippen LogP contribution in [0.3, 0.4) is 0 Å². The second-order valence-electron chi connectivity index (χ2n) is 13.2. The largest absolute Gasteiger partial charge is 0.484 e. The number of amides is 2. The lowest BCUT2D eigenvalue weighted by molar-refractivity contribution is -0.123. The molecule has 1 aliphatic heterocycles. The number of carbonyl (C=O) groups excluding carboxylic acids is 5. The van der Waals surface area contributed by atoms with Crippen LogP contribution in [0, 0.1) is 0 Å². The first-order valence-corrected chi connectivity index (χ1v) is 21.8. The Balaban J connectivity index is 0.000000541. The van der Waals surface area contributed by atoms with Gasteiger partial charge in [0, 0.05) is 63.9 Å². The number of hydrogen-bond donors (Lipinski definition) is 3. The molecule has 368 valence electrons. The van der Waals surface area contributed by atoms with Crippen molar-refractivity contribution in [1.29, 1.82) is 0 Å². The number of nitrogens with one attached hydrogen (secondary N) is 2. The van der Waals surface area contributed by atoms with Crippen LogP contribution in [0.2, 0.25) is 0 Å². The van der Waals surface area contributed by atoms with E-state index in [1.807, 2.05) is 20.8 Å². The zero-order valence-corrected chi connectivity index (χ0v) is 38.7. The molecular weight excluding hydrogens is 856 g/mol. The second-order valence-corrected chi connectivity index (χ2v) is 13.2. The van der Waals surface area contributed by atoms with Gasteiger partial charge in [-0.1, -0.05) is 0 Å². The minimum Gasteiger partial charge on any atom is -0.484 e. The summed E-state index contributed by atoms with van der Waals surface area (Å²) in [5.41, 5.74) is 6.38. The minimum atomic E-state index is -0.663. The van der Waals surface area contributed by atoms with Crippen molar-refractivity contribution in [1.82, 2.24) is 10.6 Å². The molecule has 0 atom stereocenters. The number of carbonyl (C=O) groups is 5. The van der Waals surface area contributed by atoms with E-state index in [1.165, 1.54) is 32.4 Å². The molecule has 0 spiro atoms. The van der Waals surface area contributed by atoms with Gasteiger partial charge in [-0.15, -0.1) is 0 Å². The summed E-state index contributed by atoms with van der Waals surface area (Å²) in [5.74, 6) is -0.891. The van der Waals surface area contributed by atoms with Gasteiger partial charge < -0.3 is 73.2 Å². The summed E-state index contributed by atoms with van der Waals surface area (Å²) >= 11 is 0. The normalized spacial score (nSPS) is 11.9. The standard InChI is InChI=1S/C20H29NO8.C18H25NO7.C7H17NO2/c1-3-25-9-10-26-8-4-7-21-18(22)14-29-15-5-6-16(19(23)24-2)17(13-15)20-27-11-12-28-20;1-3-24-9-10-25-8-4-7-19-17(21)13-26-15-5-6-16(18(22)23-2)14(11-15)12-20;1-2-9-6-7-10-5-3-4-8/h5-6,13,20H,3-4,7-12,14H2,1-2H3,(H,21,22);5-6,11-12H,3-4,7-10,13H2,1-2H3,(H,19,21);2-8H2,1H3/i2*2+1;. The topological polar surface area (TPSA) is 246 Å². The number of nitrogens with two attached hydrogens (primary N) is 1. The monoisotopic (exact) mass is 927 g/mol. The Morgan fingerprint density at radius 3 is 1.49 bits per heavy atom. The van der Waals surface area contributed by atoms with Crippen LogP contribution in [0.5, 0.6) is 11.5 Å². The Kier molecular flexibility index (Phi) is 35.5. The van der Waals surface area contributed by atoms with Crippen LogP contribution in [0.15, 0.2) is 36.4 Å². The van der Waals surface area contributed by atoms with Crippen molar-refractivity contribution in [3.05, 3.63) is 58.7 Å². The molecule has 0 aromatic heterocycles. The number of esters is 2. The van der Waals surface area contributed by atoms with Crippen LogP contribution in [0.1, 0.15) is 83.0 Å². The fourth-order valence-electron chi connectivity index (χ4n) is 5.17. The van der Waals surface area contributed by atoms with E-state index in [9.17, 15) is 24.0 Å². The summed E-state index contributed by atoms with van der Waals surface area (Å²) in [4.78, 5) is 58.2. The Hall–Kier alpha value is -4.77. The summed E-state index contributed by atoms with van der Waals surface area (Å²) < 4.78 is 62.4. The van der Waals surface area contributed by atoms with Gasteiger partial charge in [0.1, 0.15) is 11.5 Å². The van der Waals surface area contributed by atoms with Crippen molar-refractivity contribution in [2.24, 2.45) is 5.73 Å². The smallest absolute Gasteiger partial charge is 0.338 e. The van der Waals surface area contributed by atoms with Crippen molar-refractivity contribution >= 4 is 30.0 Å². The molecule has 3 rings (SSSR count). The molecule has 20 nitrogen and oxygen atoms in total. The summed E-state index contributed by atoms with van der Waals surface area (Å²) in [7, 11) is 2.54. The fraction of sp³-hybridized carbons (Fsp3) is 0.622. The zero-order chi connectivity index (χ0) is 47.8. The third-order valence-electron chi connectivity index (χ3n) is 8.40. The van der Waals surface area contributed by atoms with Crippen LogP contribution >= 0.6 is 0 Å². The summed E-state index contributed by atoms with van der Waals surface area (Å²) in [6.07, 6.45) is 2.19. The molecule has 2 aromatic rings. The first-order valence-electron chi connectivity index (χ1n) is 21.8. The van der Waals surface area contributed by atoms with E-state index in [0.717, 1.165) is 19.6 Å². The van der Waals surface area contributed by atoms with Crippen LogP contribution in [-0.4, -0.2) is 170 Å². The predicted molar refractivity (Wildman–Crippen MR) is 237 cm³/mol. The molecule has 1 fully saturated rings. The van der Waals surface area contributed by atoms with Gasteiger partial charge >= 0.3 is 11.9 Å². The minimum absolute atomic E-state index is 0.138. The predicted octanol–water partition coefficient (Wildman–Crippen LogP) is 3.07. The number of rotatable bonds is 33. The molecule has 0 radical (unpaired) electrons. The van der Waals surface area contributed by atoms with Crippen molar-refractivity contribution in [3.8, 4) is 11.5 Å². The SMILES string of the molecule is CCOCCOCCCN.CCOCCOCCCNC(=O)COc1ccc(C(=O)O[13CH3])c(C2OCCO2)c1.CCOCCOCCCNC(=O)COc1ccc(C(=O)O[13CH3])c(C=O)c1. The maximum absolute atomic E-state index is 12.0. The van der Waals surface area contributed by atoms with Crippen LogP contribution in [-0.2, 0) is 57.0 Å². The number of aldehydes is 1. The van der Waals surface area contributed by atoms with Gasteiger partial charge in [-0.25, -0.2) is 9.59 Å². The van der Waals surface area contributed by atoms with Gasteiger partial charge in [-0.05, 0) is 83.0 Å². The maximum atomic E-state index is 12.0. The number of methoxy groups -OCH3 is 2. The third kappa shape index (κ3) is 28.0. The Morgan fingerprint density at radius 1 is 0.615 bits per heavy atom. The van der Waals surface area contributed by atoms with Gasteiger partial charge in [0.2, 0.25) is 0 Å². The van der Waals surface area contributed by atoms with Crippen molar-refractivity contribution < 1.29 is 80.8 Å². The highest BCUT2D eigenvalue weighted by atomic mass is 16.7. The highest BCUT2D eigenvalue weighted by molar-refractivity contribution is 5.98. The van der Waals surface area contributed by atoms with Gasteiger partial charge in [0.25, 0.3) is 11.8 Å². The van der Waals surface area contributed by atoms with E-state index < -0.39 is 18.2 Å². The van der Waals surface area contributed by atoms with E-state index in [1.54, 1.807) is 18.2 Å². The molecule has 0 bridgehead atoms.